The molecule has 4 rings (SSSR count). The van der Waals surface area contributed by atoms with Crippen LogP contribution in [0.5, 0.6) is 0 Å². The second kappa shape index (κ2) is 9.36. The molecule has 0 bridgehead atoms. The van der Waals surface area contributed by atoms with Gasteiger partial charge in [-0.1, -0.05) is 49.1 Å². The number of piperidine rings is 1. The highest BCUT2D eigenvalue weighted by Gasteiger charge is 2.26. The van der Waals surface area contributed by atoms with Gasteiger partial charge in [0, 0.05) is 20.4 Å². The fraction of sp³-hybridized carbons (Fsp3) is 0.286. The molecule has 9 heteroatoms. The van der Waals surface area contributed by atoms with E-state index in [1.165, 1.54) is 6.07 Å². The van der Waals surface area contributed by atoms with Gasteiger partial charge in [-0.05, 0) is 56.3 Å². The number of hydrogen-bond donors (Lipinski definition) is 1. The minimum Gasteiger partial charge on any atom is -0.338 e. The Labute approximate surface area is 190 Å². The van der Waals surface area contributed by atoms with E-state index in [1.807, 2.05) is 24.3 Å². The summed E-state index contributed by atoms with van der Waals surface area (Å²) in [6.45, 7) is 2.00. The molecular weight excluding hydrogens is 519 g/mol. The molecule has 1 fully saturated rings. The summed E-state index contributed by atoms with van der Waals surface area (Å²) in [5, 5.41) is 6.76. The number of carbonyl (C=O) groups excluding carboxylic acids is 1. The number of anilines is 1. The van der Waals surface area contributed by atoms with E-state index in [2.05, 4.69) is 52.2 Å². The third kappa shape index (κ3) is 5.14. The normalized spacial score (nSPS) is 15.3. The van der Waals surface area contributed by atoms with Gasteiger partial charge in [0.1, 0.15) is 5.82 Å². The molecule has 1 amide bonds. The summed E-state index contributed by atoms with van der Waals surface area (Å²) < 4.78 is 20.9. The largest absolute Gasteiger partial charge is 0.338 e. The lowest BCUT2D eigenvalue weighted by Gasteiger charge is -2.30. The number of rotatable bonds is 5. The van der Waals surface area contributed by atoms with Crippen molar-refractivity contribution in [2.24, 2.45) is 5.92 Å². The molecule has 0 unspecified atom stereocenters. The molecule has 2 heterocycles. The summed E-state index contributed by atoms with van der Waals surface area (Å²) in [5.41, 5.74) is 1.09. The third-order valence-corrected chi connectivity index (χ3v) is 6.04. The lowest BCUT2D eigenvalue weighted by molar-refractivity contribution is -0.121. The van der Waals surface area contributed by atoms with Gasteiger partial charge < -0.3 is 9.84 Å². The maximum absolute atomic E-state index is 14.0. The van der Waals surface area contributed by atoms with Crippen LogP contribution in [0.25, 0.3) is 11.4 Å². The molecule has 6 nitrogen and oxygen atoms in total. The van der Waals surface area contributed by atoms with Gasteiger partial charge in [-0.3, -0.25) is 9.69 Å². The number of halogens is 3. The van der Waals surface area contributed by atoms with E-state index in [9.17, 15) is 9.18 Å². The maximum Gasteiger partial charge on any atom is 0.241 e. The zero-order valence-electron chi connectivity index (χ0n) is 15.9. The quantitative estimate of drug-likeness (QED) is 0.481. The van der Waals surface area contributed by atoms with Crippen molar-refractivity contribution in [2.75, 3.05) is 18.4 Å². The van der Waals surface area contributed by atoms with Gasteiger partial charge in [0.15, 0.2) is 0 Å². The first-order chi connectivity index (χ1) is 14.5. The second-order valence-corrected chi connectivity index (χ2v) is 9.02. The lowest BCUT2D eigenvalue weighted by atomic mass is 9.96. The third-order valence-electron chi connectivity index (χ3n) is 5.06. The summed E-state index contributed by atoms with van der Waals surface area (Å²) >= 11 is 6.65. The highest BCUT2D eigenvalue weighted by atomic mass is 79.9. The van der Waals surface area contributed by atoms with E-state index in [-0.39, 0.29) is 17.5 Å². The summed E-state index contributed by atoms with van der Waals surface area (Å²) in [4.78, 5) is 19.2. The van der Waals surface area contributed by atoms with E-state index in [1.54, 1.807) is 12.1 Å². The highest BCUT2D eigenvalue weighted by molar-refractivity contribution is 9.10. The predicted octanol–water partition coefficient (Wildman–Crippen LogP) is 5.25. The Bertz CT molecular complexity index is 1050. The lowest BCUT2D eigenvalue weighted by Crippen LogP contribution is -2.37. The van der Waals surface area contributed by atoms with Crippen molar-refractivity contribution in [3.8, 4) is 11.4 Å². The van der Waals surface area contributed by atoms with Crippen LogP contribution in [0.15, 0.2) is 55.9 Å². The van der Waals surface area contributed by atoms with E-state index < -0.39 is 5.82 Å². The zero-order chi connectivity index (χ0) is 21.1. The number of nitrogens with zero attached hydrogens (tertiary/aromatic N) is 3. The Balaban J connectivity index is 1.30. The van der Waals surface area contributed by atoms with Crippen LogP contribution in [0.4, 0.5) is 10.1 Å². The Kier molecular flexibility index (Phi) is 6.60. The molecule has 0 spiro atoms. The Morgan fingerprint density at radius 2 is 1.93 bits per heavy atom. The average molecular weight is 538 g/mol. The van der Waals surface area contributed by atoms with Gasteiger partial charge in [0.2, 0.25) is 17.6 Å². The molecule has 1 N–H and O–H groups in total. The number of hydrogen-bond acceptors (Lipinski definition) is 5. The summed E-state index contributed by atoms with van der Waals surface area (Å²) in [6, 6.07) is 12.3. The molecule has 3 aromatic rings. The molecule has 0 aliphatic carbocycles. The zero-order valence-corrected chi connectivity index (χ0v) is 19.1. The van der Waals surface area contributed by atoms with Crippen molar-refractivity contribution in [2.45, 2.75) is 19.4 Å². The van der Waals surface area contributed by atoms with Crippen LogP contribution in [0.3, 0.4) is 0 Å². The molecule has 1 aromatic heterocycles. The van der Waals surface area contributed by atoms with Crippen molar-refractivity contribution in [1.29, 1.82) is 0 Å². The molecule has 1 aliphatic heterocycles. The predicted molar refractivity (Wildman–Crippen MR) is 118 cm³/mol. The number of aromatic nitrogens is 2. The van der Waals surface area contributed by atoms with Gasteiger partial charge in [-0.25, -0.2) is 4.39 Å². The van der Waals surface area contributed by atoms with Crippen molar-refractivity contribution in [3.05, 3.63) is 63.1 Å². The van der Waals surface area contributed by atoms with Gasteiger partial charge in [-0.2, -0.15) is 4.98 Å². The standard InChI is InChI=1S/C21H19Br2FN4O2/c22-15-3-1-2-14(10-15)20-26-19(30-27-20)12-28-8-6-13(7-9-28)21(29)25-18-5-4-16(23)11-17(18)24/h1-5,10-11,13H,6-9,12H2,(H,25,29). The number of carbonyl (C=O) groups is 1. The molecule has 0 saturated carbocycles. The Hall–Kier alpha value is -2.10. The van der Waals surface area contributed by atoms with Crippen molar-refractivity contribution in [3.63, 3.8) is 0 Å². The van der Waals surface area contributed by atoms with Crippen LogP contribution in [0.2, 0.25) is 0 Å². The SMILES string of the molecule is O=C(Nc1ccc(Br)cc1F)C1CCN(Cc2nc(-c3cccc(Br)c3)no2)CC1. The van der Waals surface area contributed by atoms with E-state index in [0.29, 0.717) is 35.6 Å². The molecule has 30 heavy (non-hydrogen) atoms. The highest BCUT2D eigenvalue weighted by Crippen LogP contribution is 2.24. The minimum atomic E-state index is -0.451. The van der Waals surface area contributed by atoms with Crippen LogP contribution in [-0.2, 0) is 11.3 Å². The number of benzene rings is 2. The van der Waals surface area contributed by atoms with Crippen LogP contribution in [0.1, 0.15) is 18.7 Å². The van der Waals surface area contributed by atoms with E-state index in [4.69, 9.17) is 4.52 Å². The number of nitrogens with one attached hydrogen (secondary N) is 1. The van der Waals surface area contributed by atoms with Crippen molar-refractivity contribution >= 4 is 43.5 Å². The van der Waals surface area contributed by atoms with Gasteiger partial charge in [0.05, 0.1) is 12.2 Å². The van der Waals surface area contributed by atoms with Crippen LogP contribution in [-0.4, -0.2) is 34.0 Å². The van der Waals surface area contributed by atoms with Crippen molar-refractivity contribution < 1.29 is 13.7 Å². The summed E-state index contributed by atoms with van der Waals surface area (Å²) in [5.74, 6) is 0.351. The molecule has 1 saturated heterocycles. The number of amides is 1. The molecule has 2 aromatic carbocycles. The summed E-state index contributed by atoms with van der Waals surface area (Å²) in [6.07, 6.45) is 1.38. The fourth-order valence-electron chi connectivity index (χ4n) is 3.43. The molecule has 156 valence electrons. The first kappa shape index (κ1) is 21.1. The topological polar surface area (TPSA) is 71.3 Å². The van der Waals surface area contributed by atoms with Crippen molar-refractivity contribution in [1.82, 2.24) is 15.0 Å². The molecule has 0 radical (unpaired) electrons. The molecular formula is C21H19Br2FN4O2. The average Bonchev–Trinajstić information content (AvgIpc) is 3.19. The van der Waals surface area contributed by atoms with E-state index >= 15 is 0 Å². The van der Waals surface area contributed by atoms with Gasteiger partial charge in [-0.15, -0.1) is 0 Å². The minimum absolute atomic E-state index is 0.148. The second-order valence-electron chi connectivity index (χ2n) is 7.19. The maximum atomic E-state index is 14.0. The first-order valence-corrected chi connectivity index (χ1v) is 11.1. The fourth-order valence-corrected chi connectivity index (χ4v) is 4.17. The first-order valence-electron chi connectivity index (χ1n) is 9.55. The van der Waals surface area contributed by atoms with Crippen LogP contribution in [0, 0.1) is 11.7 Å². The van der Waals surface area contributed by atoms with E-state index in [0.717, 1.165) is 23.1 Å². The number of likely N-dealkylation sites (tertiary alicyclic amines) is 1. The Morgan fingerprint density at radius 1 is 1.17 bits per heavy atom. The van der Waals surface area contributed by atoms with Gasteiger partial charge >= 0.3 is 0 Å². The van der Waals surface area contributed by atoms with Crippen LogP contribution >= 0.6 is 31.9 Å². The van der Waals surface area contributed by atoms with Gasteiger partial charge in [0.25, 0.3) is 0 Å². The molecule has 1 aliphatic rings. The monoisotopic (exact) mass is 536 g/mol. The summed E-state index contributed by atoms with van der Waals surface area (Å²) in [7, 11) is 0. The smallest absolute Gasteiger partial charge is 0.241 e. The van der Waals surface area contributed by atoms with Crippen LogP contribution < -0.4 is 5.32 Å². The Morgan fingerprint density at radius 3 is 2.67 bits per heavy atom. The molecule has 0 atom stereocenters.